The van der Waals surface area contributed by atoms with E-state index in [0.29, 0.717) is 12.1 Å². The number of hydrazine groups is 1. The van der Waals surface area contributed by atoms with Crippen LogP contribution < -0.4 is 16.0 Å². The quantitative estimate of drug-likeness (QED) is 0.632. The molecule has 1 aromatic heterocycles. The number of ether oxygens (including phenoxy) is 1. The van der Waals surface area contributed by atoms with E-state index in [1.165, 1.54) is 7.11 Å². The zero-order valence-corrected chi connectivity index (χ0v) is 12.6. The molecule has 0 saturated carbocycles. The highest BCUT2D eigenvalue weighted by molar-refractivity contribution is 5.37. The average molecular weight is 292 g/mol. The predicted molar refractivity (Wildman–Crippen MR) is 79.4 cm³/mol. The fraction of sp³-hybridized carbons (Fsp3) is 0.400. The van der Waals surface area contributed by atoms with Gasteiger partial charge in [-0.05, 0) is 25.5 Å². The number of hydrogen-bond acceptors (Lipinski definition) is 4. The first-order valence-electron chi connectivity index (χ1n) is 7.01. The Morgan fingerprint density at radius 1 is 1.43 bits per heavy atom. The number of halogens is 1. The molecule has 0 spiro atoms. The Morgan fingerprint density at radius 3 is 2.76 bits per heavy atom. The van der Waals surface area contributed by atoms with Crippen LogP contribution in [0.3, 0.4) is 0 Å². The van der Waals surface area contributed by atoms with Gasteiger partial charge in [-0.25, -0.2) is 9.82 Å². The zero-order valence-electron chi connectivity index (χ0n) is 12.6. The predicted octanol–water partition coefficient (Wildman–Crippen LogP) is 2.17. The van der Waals surface area contributed by atoms with E-state index in [-0.39, 0.29) is 5.75 Å². The zero-order chi connectivity index (χ0) is 15.4. The summed E-state index contributed by atoms with van der Waals surface area (Å²) in [6, 6.07) is 6.50. The van der Waals surface area contributed by atoms with Crippen LogP contribution in [-0.2, 0) is 13.0 Å². The molecule has 0 saturated heterocycles. The van der Waals surface area contributed by atoms with Gasteiger partial charge in [0.25, 0.3) is 0 Å². The standard InChI is InChI=1S/C15H21FN4O/c1-4-10-9-12(20(5-2)19-10)15(18-17)11-7-6-8-13(21-3)14(11)16/h6-9,15,18H,4-5,17H2,1-3H3. The average Bonchev–Trinajstić information content (AvgIpc) is 2.93. The van der Waals surface area contributed by atoms with Crippen molar-refractivity contribution in [3.8, 4) is 5.75 Å². The van der Waals surface area contributed by atoms with Crippen LogP contribution >= 0.6 is 0 Å². The van der Waals surface area contributed by atoms with Crippen molar-refractivity contribution >= 4 is 0 Å². The van der Waals surface area contributed by atoms with Crippen molar-refractivity contribution in [2.45, 2.75) is 32.9 Å². The second-order valence-electron chi connectivity index (χ2n) is 4.69. The molecule has 21 heavy (non-hydrogen) atoms. The highest BCUT2D eigenvalue weighted by atomic mass is 19.1. The Hall–Kier alpha value is -1.92. The molecule has 1 atom stereocenters. The summed E-state index contributed by atoms with van der Waals surface area (Å²) in [7, 11) is 1.44. The normalized spacial score (nSPS) is 12.4. The molecular formula is C15H21FN4O. The lowest BCUT2D eigenvalue weighted by Gasteiger charge is -2.19. The van der Waals surface area contributed by atoms with Crippen LogP contribution in [0.4, 0.5) is 4.39 Å². The van der Waals surface area contributed by atoms with Crippen molar-refractivity contribution in [2.75, 3.05) is 7.11 Å². The van der Waals surface area contributed by atoms with Gasteiger partial charge in [-0.2, -0.15) is 5.10 Å². The largest absolute Gasteiger partial charge is 0.494 e. The van der Waals surface area contributed by atoms with E-state index in [1.54, 1.807) is 18.2 Å². The number of aryl methyl sites for hydroxylation is 2. The van der Waals surface area contributed by atoms with Crippen LogP contribution in [0.25, 0.3) is 0 Å². The van der Waals surface area contributed by atoms with Crippen molar-refractivity contribution in [1.29, 1.82) is 0 Å². The van der Waals surface area contributed by atoms with Crippen LogP contribution in [0.1, 0.15) is 36.8 Å². The van der Waals surface area contributed by atoms with E-state index in [1.807, 2.05) is 24.6 Å². The van der Waals surface area contributed by atoms with E-state index >= 15 is 0 Å². The molecular weight excluding hydrogens is 271 g/mol. The number of nitrogens with zero attached hydrogens (tertiary/aromatic N) is 2. The van der Waals surface area contributed by atoms with E-state index in [9.17, 15) is 4.39 Å². The van der Waals surface area contributed by atoms with Crippen molar-refractivity contribution in [2.24, 2.45) is 5.84 Å². The number of nitrogens with two attached hydrogens (primary N) is 1. The molecule has 114 valence electrons. The third-order valence-electron chi connectivity index (χ3n) is 3.51. The SMILES string of the molecule is CCc1cc(C(NN)c2cccc(OC)c2F)n(CC)n1. The fourth-order valence-corrected chi connectivity index (χ4v) is 2.39. The van der Waals surface area contributed by atoms with E-state index < -0.39 is 11.9 Å². The monoisotopic (exact) mass is 292 g/mol. The smallest absolute Gasteiger partial charge is 0.170 e. The van der Waals surface area contributed by atoms with Crippen molar-refractivity contribution in [3.05, 3.63) is 47.0 Å². The molecule has 0 aliphatic rings. The first kappa shape index (κ1) is 15.5. The number of aromatic nitrogens is 2. The third kappa shape index (κ3) is 2.91. The van der Waals surface area contributed by atoms with Crippen molar-refractivity contribution < 1.29 is 9.13 Å². The maximum atomic E-state index is 14.5. The molecule has 2 rings (SSSR count). The third-order valence-corrected chi connectivity index (χ3v) is 3.51. The second kappa shape index (κ2) is 6.69. The number of rotatable bonds is 6. The van der Waals surface area contributed by atoms with E-state index in [2.05, 4.69) is 10.5 Å². The van der Waals surface area contributed by atoms with Gasteiger partial charge in [0.1, 0.15) is 0 Å². The van der Waals surface area contributed by atoms with Crippen LogP contribution in [0.15, 0.2) is 24.3 Å². The lowest BCUT2D eigenvalue weighted by Crippen LogP contribution is -2.31. The Labute approximate surface area is 123 Å². The van der Waals surface area contributed by atoms with Gasteiger partial charge in [-0.15, -0.1) is 0 Å². The van der Waals surface area contributed by atoms with Crippen molar-refractivity contribution in [3.63, 3.8) is 0 Å². The van der Waals surface area contributed by atoms with E-state index in [0.717, 1.165) is 17.8 Å². The van der Waals surface area contributed by atoms with Crippen molar-refractivity contribution in [1.82, 2.24) is 15.2 Å². The molecule has 0 fully saturated rings. The first-order valence-corrected chi connectivity index (χ1v) is 7.01. The molecule has 0 amide bonds. The number of nitrogens with one attached hydrogen (secondary N) is 1. The molecule has 1 heterocycles. The lowest BCUT2D eigenvalue weighted by molar-refractivity contribution is 0.381. The number of benzene rings is 1. The molecule has 6 heteroatoms. The van der Waals surface area contributed by atoms with Crippen LogP contribution in [-0.4, -0.2) is 16.9 Å². The number of hydrogen-bond donors (Lipinski definition) is 2. The molecule has 1 unspecified atom stereocenters. The van der Waals surface area contributed by atoms with Gasteiger partial charge >= 0.3 is 0 Å². The Bertz CT molecular complexity index is 612. The van der Waals surface area contributed by atoms with Crippen LogP contribution in [0, 0.1) is 5.82 Å². The van der Waals surface area contributed by atoms with Gasteiger partial charge in [-0.1, -0.05) is 19.1 Å². The summed E-state index contributed by atoms with van der Waals surface area (Å²) in [6.45, 7) is 4.72. The van der Waals surface area contributed by atoms with E-state index in [4.69, 9.17) is 10.6 Å². The maximum absolute atomic E-state index is 14.5. The fourth-order valence-electron chi connectivity index (χ4n) is 2.39. The molecule has 3 N–H and O–H groups in total. The molecule has 0 bridgehead atoms. The Kier molecular flexibility index (Phi) is 4.93. The molecule has 0 aliphatic carbocycles. The minimum Gasteiger partial charge on any atom is -0.494 e. The summed E-state index contributed by atoms with van der Waals surface area (Å²) in [6.07, 6.45) is 0.817. The lowest BCUT2D eigenvalue weighted by atomic mass is 10.0. The molecule has 5 nitrogen and oxygen atoms in total. The Balaban J connectivity index is 2.52. The molecule has 1 aromatic carbocycles. The topological polar surface area (TPSA) is 65.1 Å². The van der Waals surface area contributed by atoms with Gasteiger partial charge in [-0.3, -0.25) is 10.5 Å². The van der Waals surface area contributed by atoms with Gasteiger partial charge in [0.15, 0.2) is 11.6 Å². The minimum atomic E-state index is -0.479. The molecule has 0 radical (unpaired) electrons. The maximum Gasteiger partial charge on any atom is 0.170 e. The van der Waals surface area contributed by atoms with Crippen LogP contribution in [0.2, 0.25) is 0 Å². The summed E-state index contributed by atoms with van der Waals surface area (Å²) < 4.78 is 21.3. The summed E-state index contributed by atoms with van der Waals surface area (Å²) in [5.41, 5.74) is 4.91. The van der Waals surface area contributed by atoms with Gasteiger partial charge < -0.3 is 4.74 Å². The summed E-state index contributed by atoms with van der Waals surface area (Å²) in [5, 5.41) is 4.48. The van der Waals surface area contributed by atoms with Gasteiger partial charge in [0.05, 0.1) is 24.5 Å². The summed E-state index contributed by atoms with van der Waals surface area (Å²) in [4.78, 5) is 0. The first-order chi connectivity index (χ1) is 10.2. The summed E-state index contributed by atoms with van der Waals surface area (Å²) in [5.74, 6) is 5.46. The second-order valence-corrected chi connectivity index (χ2v) is 4.69. The van der Waals surface area contributed by atoms with Gasteiger partial charge in [0.2, 0.25) is 0 Å². The number of methoxy groups -OCH3 is 1. The highest BCUT2D eigenvalue weighted by Gasteiger charge is 2.23. The Morgan fingerprint density at radius 2 is 2.19 bits per heavy atom. The molecule has 0 aliphatic heterocycles. The van der Waals surface area contributed by atoms with Gasteiger partial charge in [0, 0.05) is 12.1 Å². The highest BCUT2D eigenvalue weighted by Crippen LogP contribution is 2.29. The molecule has 2 aromatic rings. The van der Waals surface area contributed by atoms with Crippen LogP contribution in [0.5, 0.6) is 5.75 Å². The minimum absolute atomic E-state index is 0.200. The summed E-state index contributed by atoms with van der Waals surface area (Å²) >= 11 is 0.